The highest BCUT2D eigenvalue weighted by molar-refractivity contribution is 7.11. The largest absolute Gasteiger partial charge is 0.488 e. The van der Waals surface area contributed by atoms with Crippen molar-refractivity contribution in [3.63, 3.8) is 0 Å². The molecule has 3 heterocycles. The third-order valence-corrected chi connectivity index (χ3v) is 5.44. The lowest BCUT2D eigenvalue weighted by Gasteiger charge is -2.13. The first-order valence-corrected chi connectivity index (χ1v) is 9.58. The van der Waals surface area contributed by atoms with E-state index in [2.05, 4.69) is 15.6 Å². The van der Waals surface area contributed by atoms with Crippen LogP contribution in [0.15, 0.2) is 28.8 Å². The van der Waals surface area contributed by atoms with Gasteiger partial charge in [0.05, 0.1) is 15.4 Å². The van der Waals surface area contributed by atoms with E-state index in [1.807, 2.05) is 6.92 Å². The highest BCUT2D eigenvalue weighted by Gasteiger charge is 2.35. The van der Waals surface area contributed by atoms with E-state index >= 15 is 0 Å². The Hall–Kier alpha value is -2.91. The average molecular weight is 401 g/mol. The SMILES string of the molecule is Cc1ncc(COc2ccc3oc(C)c(C(=O)N[C@@H]4C(=O)NC[C@H]4O)c3c2)s1. The Balaban J connectivity index is 1.58. The maximum absolute atomic E-state index is 12.8. The molecule has 1 aliphatic heterocycles. The van der Waals surface area contributed by atoms with E-state index in [1.54, 1.807) is 42.7 Å². The van der Waals surface area contributed by atoms with Crippen molar-refractivity contribution in [2.45, 2.75) is 32.6 Å². The molecular formula is C19H19N3O5S. The minimum atomic E-state index is -0.981. The van der Waals surface area contributed by atoms with Crippen LogP contribution in [0.2, 0.25) is 0 Å². The van der Waals surface area contributed by atoms with Gasteiger partial charge in [-0.25, -0.2) is 4.98 Å². The summed E-state index contributed by atoms with van der Waals surface area (Å²) in [7, 11) is 0. The Morgan fingerprint density at radius 2 is 2.29 bits per heavy atom. The fraction of sp³-hybridized carbons (Fsp3) is 0.316. The first-order valence-electron chi connectivity index (χ1n) is 8.76. The van der Waals surface area contributed by atoms with Crippen molar-refractivity contribution >= 4 is 34.1 Å². The van der Waals surface area contributed by atoms with Gasteiger partial charge in [-0.05, 0) is 32.0 Å². The quantitative estimate of drug-likeness (QED) is 0.599. The first kappa shape index (κ1) is 18.5. The predicted octanol–water partition coefficient (Wildman–Crippen LogP) is 1.67. The molecule has 0 saturated carbocycles. The highest BCUT2D eigenvalue weighted by atomic mass is 32.1. The van der Waals surface area contributed by atoms with E-state index in [9.17, 15) is 14.7 Å². The molecule has 0 radical (unpaired) electrons. The molecule has 0 unspecified atom stereocenters. The van der Waals surface area contributed by atoms with Crippen LogP contribution < -0.4 is 15.4 Å². The number of nitrogens with zero attached hydrogens (tertiary/aromatic N) is 1. The van der Waals surface area contributed by atoms with E-state index in [0.29, 0.717) is 34.6 Å². The molecule has 1 saturated heterocycles. The lowest BCUT2D eigenvalue weighted by molar-refractivity contribution is -0.121. The zero-order valence-electron chi connectivity index (χ0n) is 15.3. The van der Waals surface area contributed by atoms with Gasteiger partial charge in [0.1, 0.15) is 35.8 Å². The number of amides is 2. The second kappa shape index (κ2) is 7.25. The van der Waals surface area contributed by atoms with Crippen molar-refractivity contribution in [2.24, 2.45) is 0 Å². The number of nitrogens with one attached hydrogen (secondary N) is 2. The fourth-order valence-corrected chi connectivity index (χ4v) is 3.89. The number of carbonyl (C=O) groups is 2. The van der Waals surface area contributed by atoms with Crippen LogP contribution in [0.25, 0.3) is 11.0 Å². The van der Waals surface area contributed by atoms with Crippen molar-refractivity contribution in [3.05, 3.63) is 45.6 Å². The summed E-state index contributed by atoms with van der Waals surface area (Å²) in [6.07, 6.45) is 0.814. The standard InChI is InChI=1S/C19H19N3O5S/c1-9-16(18(24)22-17-14(23)7-21-19(17)25)13-5-11(3-4-15(13)27-9)26-8-12-6-20-10(2)28-12/h3-6,14,17,23H,7-8H2,1-2H3,(H,21,25)(H,22,24)/t14-,17+/m1/s1. The molecule has 1 aromatic carbocycles. The lowest BCUT2D eigenvalue weighted by Crippen LogP contribution is -2.45. The second-order valence-corrected chi connectivity index (χ2v) is 7.91. The normalized spacial score (nSPS) is 19.0. The van der Waals surface area contributed by atoms with E-state index in [4.69, 9.17) is 9.15 Å². The minimum Gasteiger partial charge on any atom is -0.488 e. The van der Waals surface area contributed by atoms with Gasteiger partial charge in [-0.1, -0.05) is 0 Å². The Kier molecular flexibility index (Phi) is 4.78. The molecule has 2 atom stereocenters. The Bertz CT molecular complexity index is 1060. The number of carbonyl (C=O) groups excluding carboxylic acids is 2. The molecule has 3 aromatic rings. The zero-order chi connectivity index (χ0) is 19.8. The van der Waals surface area contributed by atoms with Crippen molar-refractivity contribution in [1.82, 2.24) is 15.6 Å². The Morgan fingerprint density at radius 1 is 1.46 bits per heavy atom. The number of rotatable bonds is 5. The summed E-state index contributed by atoms with van der Waals surface area (Å²) in [6.45, 7) is 4.11. The van der Waals surface area contributed by atoms with E-state index in [-0.39, 0.29) is 6.54 Å². The third-order valence-electron chi connectivity index (χ3n) is 4.55. The fourth-order valence-electron chi connectivity index (χ4n) is 3.18. The predicted molar refractivity (Wildman–Crippen MR) is 102 cm³/mol. The molecule has 1 fully saturated rings. The zero-order valence-corrected chi connectivity index (χ0v) is 16.1. The number of aryl methyl sites for hydroxylation is 2. The van der Waals surface area contributed by atoms with Crippen molar-refractivity contribution in [2.75, 3.05) is 6.54 Å². The minimum absolute atomic E-state index is 0.115. The van der Waals surface area contributed by atoms with E-state index in [0.717, 1.165) is 9.88 Å². The molecule has 146 valence electrons. The number of fused-ring (bicyclic) bond motifs is 1. The van der Waals surface area contributed by atoms with Crippen molar-refractivity contribution < 1.29 is 23.8 Å². The van der Waals surface area contributed by atoms with Crippen molar-refractivity contribution in [3.8, 4) is 5.75 Å². The molecule has 0 spiro atoms. The molecule has 9 heteroatoms. The number of furan rings is 1. The molecule has 2 amide bonds. The number of aromatic nitrogens is 1. The molecule has 1 aliphatic rings. The van der Waals surface area contributed by atoms with Gasteiger partial charge in [-0.2, -0.15) is 0 Å². The van der Waals surface area contributed by atoms with Crippen LogP contribution in [0.4, 0.5) is 0 Å². The molecule has 4 rings (SSSR count). The van der Waals surface area contributed by atoms with Gasteiger partial charge in [-0.3, -0.25) is 9.59 Å². The number of aliphatic hydroxyl groups is 1. The summed E-state index contributed by atoms with van der Waals surface area (Å²) in [5.41, 5.74) is 0.862. The lowest BCUT2D eigenvalue weighted by atomic mass is 10.1. The monoisotopic (exact) mass is 401 g/mol. The smallest absolute Gasteiger partial charge is 0.256 e. The molecular weight excluding hydrogens is 382 g/mol. The summed E-state index contributed by atoms with van der Waals surface area (Å²) in [6, 6.07) is 4.27. The van der Waals surface area contributed by atoms with E-state index in [1.165, 1.54) is 0 Å². The van der Waals surface area contributed by atoms with Crippen LogP contribution in [0.3, 0.4) is 0 Å². The van der Waals surface area contributed by atoms with Crippen LogP contribution in [0.1, 0.15) is 26.0 Å². The van der Waals surface area contributed by atoms with Crippen LogP contribution in [0, 0.1) is 13.8 Å². The van der Waals surface area contributed by atoms with Crippen LogP contribution in [-0.4, -0.2) is 40.6 Å². The number of benzene rings is 1. The molecule has 3 N–H and O–H groups in total. The number of hydrogen-bond donors (Lipinski definition) is 3. The van der Waals surface area contributed by atoms with Crippen molar-refractivity contribution in [1.29, 1.82) is 0 Å². The van der Waals surface area contributed by atoms with Gasteiger partial charge < -0.3 is 24.9 Å². The first-order chi connectivity index (χ1) is 13.4. The van der Waals surface area contributed by atoms with Gasteiger partial charge in [0.15, 0.2) is 0 Å². The van der Waals surface area contributed by atoms with Crippen LogP contribution in [-0.2, 0) is 11.4 Å². The molecule has 0 bridgehead atoms. The third kappa shape index (κ3) is 3.46. The molecule has 8 nitrogen and oxygen atoms in total. The maximum atomic E-state index is 12.8. The average Bonchev–Trinajstić information content (AvgIpc) is 3.32. The Morgan fingerprint density at radius 3 is 2.96 bits per heavy atom. The van der Waals surface area contributed by atoms with Gasteiger partial charge in [0.25, 0.3) is 5.91 Å². The summed E-state index contributed by atoms with van der Waals surface area (Å²) in [5, 5.41) is 16.5. The number of β-amino-alcohol motifs (C(OH)–C–C–N with tert-alkyl or cyclic N) is 1. The number of aliphatic hydroxyl groups excluding tert-OH is 1. The Labute approximate surface area is 164 Å². The second-order valence-electron chi connectivity index (χ2n) is 6.59. The summed E-state index contributed by atoms with van der Waals surface area (Å²) in [4.78, 5) is 29.8. The van der Waals surface area contributed by atoms with Crippen LogP contribution in [0.5, 0.6) is 5.75 Å². The molecule has 2 aromatic heterocycles. The molecule has 0 aliphatic carbocycles. The van der Waals surface area contributed by atoms with Gasteiger partial charge in [0.2, 0.25) is 5.91 Å². The summed E-state index contributed by atoms with van der Waals surface area (Å²) < 4.78 is 11.5. The maximum Gasteiger partial charge on any atom is 0.256 e. The van der Waals surface area contributed by atoms with E-state index < -0.39 is 24.0 Å². The van der Waals surface area contributed by atoms with Gasteiger partial charge in [0, 0.05) is 18.1 Å². The number of thiazole rings is 1. The van der Waals surface area contributed by atoms with Gasteiger partial charge >= 0.3 is 0 Å². The summed E-state index contributed by atoms with van der Waals surface area (Å²) in [5.74, 6) is 0.130. The van der Waals surface area contributed by atoms with Crippen LogP contribution >= 0.6 is 11.3 Å². The molecule has 28 heavy (non-hydrogen) atoms. The highest BCUT2D eigenvalue weighted by Crippen LogP contribution is 2.30. The van der Waals surface area contributed by atoms with Gasteiger partial charge in [-0.15, -0.1) is 11.3 Å². The number of hydrogen-bond acceptors (Lipinski definition) is 7. The topological polar surface area (TPSA) is 114 Å². The number of ether oxygens (including phenoxy) is 1. The summed E-state index contributed by atoms with van der Waals surface area (Å²) >= 11 is 1.56.